The number of amides is 1. The van der Waals surface area contributed by atoms with E-state index in [2.05, 4.69) is 0 Å². The van der Waals surface area contributed by atoms with E-state index in [0.717, 1.165) is 0 Å². The number of hydrogen-bond donors (Lipinski definition) is 0. The summed E-state index contributed by atoms with van der Waals surface area (Å²) in [6.45, 7) is 2.28. The molecule has 4 heteroatoms. The van der Waals surface area contributed by atoms with Gasteiger partial charge in [-0.3, -0.25) is 4.79 Å². The summed E-state index contributed by atoms with van der Waals surface area (Å²) in [5.74, 6) is -0.0163. The third-order valence-electron chi connectivity index (χ3n) is 2.28. The van der Waals surface area contributed by atoms with Gasteiger partial charge >= 0.3 is 0 Å². The lowest BCUT2D eigenvalue weighted by Crippen LogP contribution is -2.31. The highest BCUT2D eigenvalue weighted by Crippen LogP contribution is 2.19. The first kappa shape index (κ1) is 13.0. The van der Waals surface area contributed by atoms with Crippen LogP contribution in [0.2, 0.25) is 0 Å². The molecule has 0 aliphatic carbocycles. The number of benzene rings is 1. The summed E-state index contributed by atoms with van der Waals surface area (Å²) in [5, 5.41) is 0. The van der Waals surface area contributed by atoms with Crippen LogP contribution in [-0.4, -0.2) is 18.3 Å². The van der Waals surface area contributed by atoms with E-state index in [4.69, 9.17) is 11.6 Å². The second-order valence-corrected chi connectivity index (χ2v) is 3.76. The summed E-state index contributed by atoms with van der Waals surface area (Å²) >= 11 is 5.53. The predicted molar refractivity (Wildman–Crippen MR) is 64.4 cm³/mol. The molecule has 1 amide bonds. The summed E-state index contributed by atoms with van der Waals surface area (Å²) < 4.78 is 13.5. The molecule has 16 heavy (non-hydrogen) atoms. The van der Waals surface area contributed by atoms with E-state index < -0.39 is 0 Å². The lowest BCUT2D eigenvalue weighted by atomic mass is 10.2. The van der Waals surface area contributed by atoms with Gasteiger partial charge in [0.15, 0.2) is 0 Å². The van der Waals surface area contributed by atoms with Gasteiger partial charge in [-0.25, -0.2) is 4.39 Å². The smallest absolute Gasteiger partial charge is 0.227 e. The number of anilines is 1. The van der Waals surface area contributed by atoms with E-state index in [1.165, 1.54) is 11.0 Å². The monoisotopic (exact) mass is 243 g/mol. The molecule has 0 unspecified atom stereocenters. The lowest BCUT2D eigenvalue weighted by molar-refractivity contribution is -0.118. The molecular formula is C12H15ClFNO. The van der Waals surface area contributed by atoms with Crippen LogP contribution < -0.4 is 4.90 Å². The Morgan fingerprint density at radius 1 is 1.44 bits per heavy atom. The van der Waals surface area contributed by atoms with Gasteiger partial charge in [-0.05, 0) is 25.5 Å². The SMILES string of the molecule is CCN(C(=O)CCCCl)c1ccccc1F. The molecule has 0 fully saturated rings. The van der Waals surface area contributed by atoms with Crippen molar-refractivity contribution in [1.82, 2.24) is 0 Å². The Balaban J connectivity index is 2.82. The molecule has 0 aromatic heterocycles. The first-order valence-corrected chi connectivity index (χ1v) is 5.85. The molecule has 0 bridgehead atoms. The topological polar surface area (TPSA) is 20.3 Å². The number of carbonyl (C=O) groups excluding carboxylic acids is 1. The van der Waals surface area contributed by atoms with Crippen molar-refractivity contribution in [3.05, 3.63) is 30.1 Å². The zero-order chi connectivity index (χ0) is 12.0. The van der Waals surface area contributed by atoms with Crippen molar-refractivity contribution in [2.45, 2.75) is 19.8 Å². The summed E-state index contributed by atoms with van der Waals surface area (Å²) in [6.07, 6.45) is 0.969. The van der Waals surface area contributed by atoms with Crippen molar-refractivity contribution in [2.75, 3.05) is 17.3 Å². The molecule has 0 heterocycles. The van der Waals surface area contributed by atoms with Crippen molar-refractivity contribution >= 4 is 23.2 Å². The third kappa shape index (κ3) is 3.20. The molecule has 0 aliphatic rings. The molecule has 0 atom stereocenters. The van der Waals surface area contributed by atoms with Gasteiger partial charge in [-0.1, -0.05) is 12.1 Å². The molecule has 0 radical (unpaired) electrons. The molecule has 0 saturated heterocycles. The van der Waals surface area contributed by atoms with Crippen LogP contribution in [0, 0.1) is 5.82 Å². The van der Waals surface area contributed by atoms with Gasteiger partial charge < -0.3 is 4.90 Å². The number of alkyl halides is 1. The van der Waals surface area contributed by atoms with Crippen LogP contribution in [0.5, 0.6) is 0 Å². The Hall–Kier alpha value is -1.09. The molecule has 0 spiro atoms. The van der Waals surface area contributed by atoms with Crippen LogP contribution in [0.3, 0.4) is 0 Å². The van der Waals surface area contributed by atoms with Gasteiger partial charge in [0.05, 0.1) is 5.69 Å². The quantitative estimate of drug-likeness (QED) is 0.728. The number of nitrogens with zero attached hydrogens (tertiary/aromatic N) is 1. The predicted octanol–water partition coefficient (Wildman–Crippen LogP) is 3.20. The minimum atomic E-state index is -0.372. The van der Waals surface area contributed by atoms with Crippen molar-refractivity contribution in [2.24, 2.45) is 0 Å². The maximum Gasteiger partial charge on any atom is 0.227 e. The fourth-order valence-corrected chi connectivity index (χ4v) is 1.64. The molecule has 0 aliphatic heterocycles. The normalized spacial score (nSPS) is 10.2. The fourth-order valence-electron chi connectivity index (χ4n) is 1.50. The minimum Gasteiger partial charge on any atom is -0.310 e. The van der Waals surface area contributed by atoms with Gasteiger partial charge in [0.25, 0.3) is 0 Å². The fraction of sp³-hybridized carbons (Fsp3) is 0.417. The Labute approximate surface area is 100 Å². The van der Waals surface area contributed by atoms with Crippen LogP contribution in [0.4, 0.5) is 10.1 Å². The van der Waals surface area contributed by atoms with Crippen molar-refractivity contribution < 1.29 is 9.18 Å². The first-order valence-electron chi connectivity index (χ1n) is 5.31. The Morgan fingerprint density at radius 3 is 2.69 bits per heavy atom. The van der Waals surface area contributed by atoms with Crippen LogP contribution in [-0.2, 0) is 4.79 Å². The number of hydrogen-bond acceptors (Lipinski definition) is 1. The molecule has 0 N–H and O–H groups in total. The highest BCUT2D eigenvalue weighted by atomic mass is 35.5. The van der Waals surface area contributed by atoms with Crippen molar-refractivity contribution in [1.29, 1.82) is 0 Å². The van der Waals surface area contributed by atoms with Crippen molar-refractivity contribution in [3.8, 4) is 0 Å². The molecule has 1 rings (SSSR count). The van der Waals surface area contributed by atoms with Crippen LogP contribution >= 0.6 is 11.6 Å². The van der Waals surface area contributed by atoms with E-state index in [1.54, 1.807) is 18.2 Å². The molecule has 0 saturated carbocycles. The summed E-state index contributed by atoms with van der Waals surface area (Å²) in [4.78, 5) is 13.2. The average molecular weight is 244 g/mol. The zero-order valence-electron chi connectivity index (χ0n) is 9.25. The van der Waals surface area contributed by atoms with Gasteiger partial charge in [0, 0.05) is 18.8 Å². The largest absolute Gasteiger partial charge is 0.310 e. The van der Waals surface area contributed by atoms with E-state index >= 15 is 0 Å². The standard InChI is InChI=1S/C12H15ClFNO/c1-2-15(12(16)8-5-9-13)11-7-4-3-6-10(11)14/h3-4,6-7H,2,5,8-9H2,1H3. The Bertz CT molecular complexity index is 357. The van der Waals surface area contributed by atoms with E-state index in [1.807, 2.05) is 6.92 Å². The van der Waals surface area contributed by atoms with Gasteiger partial charge in [0.2, 0.25) is 5.91 Å². The highest BCUT2D eigenvalue weighted by molar-refractivity contribution is 6.18. The third-order valence-corrected chi connectivity index (χ3v) is 2.55. The van der Waals surface area contributed by atoms with Crippen LogP contribution in [0.1, 0.15) is 19.8 Å². The number of para-hydroxylation sites is 1. The molecule has 2 nitrogen and oxygen atoms in total. The van der Waals surface area contributed by atoms with Gasteiger partial charge in [-0.15, -0.1) is 11.6 Å². The number of halogens is 2. The van der Waals surface area contributed by atoms with E-state index in [-0.39, 0.29) is 11.7 Å². The van der Waals surface area contributed by atoms with Crippen LogP contribution in [0.15, 0.2) is 24.3 Å². The molecule has 1 aromatic carbocycles. The van der Waals surface area contributed by atoms with Crippen molar-refractivity contribution in [3.63, 3.8) is 0 Å². The summed E-state index contributed by atoms with van der Waals surface area (Å²) in [6, 6.07) is 6.29. The molecule has 1 aromatic rings. The molecule has 88 valence electrons. The Kier molecular flexibility index (Phi) is 5.26. The second kappa shape index (κ2) is 6.48. The molecular weight excluding hydrogens is 229 g/mol. The minimum absolute atomic E-state index is 0.0896. The maximum absolute atomic E-state index is 13.5. The summed E-state index contributed by atoms with van der Waals surface area (Å²) in [5.41, 5.74) is 0.338. The van der Waals surface area contributed by atoms with Gasteiger partial charge in [0.1, 0.15) is 5.82 Å². The van der Waals surface area contributed by atoms with E-state index in [9.17, 15) is 9.18 Å². The maximum atomic E-state index is 13.5. The van der Waals surface area contributed by atoms with Crippen LogP contribution in [0.25, 0.3) is 0 Å². The second-order valence-electron chi connectivity index (χ2n) is 3.38. The zero-order valence-corrected chi connectivity index (χ0v) is 10.0. The van der Waals surface area contributed by atoms with E-state index in [0.29, 0.717) is 31.0 Å². The number of carbonyl (C=O) groups is 1. The Morgan fingerprint density at radius 2 is 2.12 bits per heavy atom. The highest BCUT2D eigenvalue weighted by Gasteiger charge is 2.16. The van der Waals surface area contributed by atoms with Gasteiger partial charge in [-0.2, -0.15) is 0 Å². The number of rotatable bonds is 5. The lowest BCUT2D eigenvalue weighted by Gasteiger charge is -2.21. The first-order chi connectivity index (χ1) is 7.70. The summed E-state index contributed by atoms with van der Waals surface area (Å²) in [7, 11) is 0. The average Bonchev–Trinajstić information content (AvgIpc) is 2.30.